The molecule has 1 aromatic heterocycles. The summed E-state index contributed by atoms with van der Waals surface area (Å²) in [5, 5.41) is 1.09. The second-order valence-electron chi connectivity index (χ2n) is 10.7. The van der Waals surface area contributed by atoms with E-state index < -0.39 is 11.4 Å². The number of para-hydroxylation sites is 1. The van der Waals surface area contributed by atoms with Crippen LogP contribution >= 0.6 is 0 Å². The van der Waals surface area contributed by atoms with Crippen LogP contribution in [-0.4, -0.2) is 47.8 Å². The Morgan fingerprint density at radius 2 is 1.72 bits per heavy atom. The van der Waals surface area contributed by atoms with Crippen LogP contribution in [-0.2, 0) is 21.4 Å². The Balaban J connectivity index is 1.93. The maximum absolute atomic E-state index is 13.7. The Morgan fingerprint density at radius 1 is 1.03 bits per heavy atom. The van der Waals surface area contributed by atoms with Crippen molar-refractivity contribution in [2.24, 2.45) is 0 Å². The molecule has 3 aromatic rings. The van der Waals surface area contributed by atoms with Crippen LogP contribution in [0.4, 0.5) is 0 Å². The van der Waals surface area contributed by atoms with Crippen molar-refractivity contribution in [1.82, 2.24) is 9.47 Å². The van der Waals surface area contributed by atoms with E-state index in [2.05, 4.69) is 11.0 Å². The van der Waals surface area contributed by atoms with E-state index in [1.54, 1.807) is 4.57 Å². The molecule has 0 unspecified atom stereocenters. The fourth-order valence-electron chi connectivity index (χ4n) is 4.88. The average Bonchev–Trinajstić information content (AvgIpc) is 3.14. The molecular weight excluding hydrogens is 452 g/mol. The maximum Gasteiger partial charge on any atom is 0.311 e. The van der Waals surface area contributed by atoms with Gasteiger partial charge in [0.25, 0.3) is 0 Å². The van der Waals surface area contributed by atoms with Crippen LogP contribution in [0.1, 0.15) is 67.1 Å². The third kappa shape index (κ3) is 6.49. The molecule has 1 heterocycles. The van der Waals surface area contributed by atoms with Gasteiger partial charge in [-0.3, -0.25) is 14.2 Å². The highest BCUT2D eigenvalue weighted by atomic mass is 16.5. The number of esters is 1. The highest BCUT2D eigenvalue weighted by Gasteiger charge is 2.31. The third-order valence-corrected chi connectivity index (χ3v) is 6.51. The summed E-state index contributed by atoms with van der Waals surface area (Å²) < 4.78 is 7.51. The lowest BCUT2D eigenvalue weighted by molar-refractivity contribution is -0.136. The Hall–Kier alpha value is -3.25. The van der Waals surface area contributed by atoms with Crippen molar-refractivity contribution in [3.05, 3.63) is 64.8 Å². The number of ether oxygens (including phenoxy) is 1. The molecule has 0 amide bonds. The van der Waals surface area contributed by atoms with Gasteiger partial charge >= 0.3 is 5.97 Å². The molecule has 0 N–H and O–H groups in total. The van der Waals surface area contributed by atoms with Crippen LogP contribution in [0.25, 0.3) is 10.9 Å². The zero-order valence-electron chi connectivity index (χ0n) is 22.6. The molecule has 0 atom stereocenters. The molecule has 2 aromatic carbocycles. The van der Waals surface area contributed by atoms with Crippen LogP contribution in [0.2, 0.25) is 0 Å². The minimum Gasteiger partial charge on any atom is -0.426 e. The number of likely N-dealkylation sites (N-methyl/N-ethyl adjacent to an activating group) is 1. The molecule has 0 fully saturated rings. The topological polar surface area (TPSA) is 68.6 Å². The smallest absolute Gasteiger partial charge is 0.311 e. The lowest BCUT2D eigenvalue weighted by atomic mass is 9.78. The lowest BCUT2D eigenvalue weighted by Crippen LogP contribution is -2.27. The molecule has 0 spiro atoms. The second kappa shape index (κ2) is 11.2. The Bertz CT molecular complexity index is 1280. The summed E-state index contributed by atoms with van der Waals surface area (Å²) in [6, 6.07) is 11.9. The zero-order chi connectivity index (χ0) is 26.6. The number of carbonyl (C=O) groups is 3. The van der Waals surface area contributed by atoms with Gasteiger partial charge in [0.05, 0.1) is 11.9 Å². The summed E-state index contributed by atoms with van der Waals surface area (Å²) in [6.45, 7) is 10.3. The molecule has 0 aliphatic carbocycles. The van der Waals surface area contributed by atoms with Crippen molar-refractivity contribution in [3.8, 4) is 5.75 Å². The summed E-state index contributed by atoms with van der Waals surface area (Å²) in [5.74, 6) is -0.0491. The van der Waals surface area contributed by atoms with Crippen molar-refractivity contribution in [2.45, 2.75) is 65.7 Å². The molecule has 0 saturated carbocycles. The summed E-state index contributed by atoms with van der Waals surface area (Å²) in [5.41, 5.74) is 4.23. The van der Waals surface area contributed by atoms with Crippen molar-refractivity contribution >= 4 is 28.6 Å². The number of rotatable bonds is 10. The van der Waals surface area contributed by atoms with Gasteiger partial charge in [0.15, 0.2) is 0 Å². The average molecular weight is 491 g/mol. The SMILES string of the molecule is CC(=O)CCC(=O)Oc1cc(C)cc(C)c1C(C)(C)CC(=O)n1cc(CCN(C)C)c2ccccc21. The van der Waals surface area contributed by atoms with Gasteiger partial charge in [-0.2, -0.15) is 0 Å². The Labute approximate surface area is 214 Å². The zero-order valence-corrected chi connectivity index (χ0v) is 22.6. The molecule has 0 radical (unpaired) electrons. The highest BCUT2D eigenvalue weighted by molar-refractivity contribution is 5.95. The molecule has 6 heteroatoms. The number of hydrogen-bond donors (Lipinski definition) is 0. The van der Waals surface area contributed by atoms with E-state index in [1.807, 2.05) is 78.3 Å². The van der Waals surface area contributed by atoms with Crippen LogP contribution in [0.3, 0.4) is 0 Å². The number of fused-ring (bicyclic) bond motifs is 1. The van der Waals surface area contributed by atoms with Crippen LogP contribution in [0.5, 0.6) is 5.75 Å². The van der Waals surface area contributed by atoms with Crippen LogP contribution < -0.4 is 4.74 Å². The standard InChI is InChI=1S/C30H38N2O4/c1-20-16-21(2)29(26(17-20)36-28(35)13-12-22(3)33)30(4,5)18-27(34)32-19-23(14-15-31(6)7)24-10-8-9-11-25(24)32/h8-11,16-17,19H,12-15,18H2,1-7H3. The van der Waals surface area contributed by atoms with Crippen molar-refractivity contribution in [1.29, 1.82) is 0 Å². The molecule has 0 saturated heterocycles. The van der Waals surface area contributed by atoms with Crippen molar-refractivity contribution < 1.29 is 19.1 Å². The fourth-order valence-corrected chi connectivity index (χ4v) is 4.88. The van der Waals surface area contributed by atoms with Crippen molar-refractivity contribution in [3.63, 3.8) is 0 Å². The normalized spacial score (nSPS) is 11.8. The van der Waals surface area contributed by atoms with Gasteiger partial charge in [-0.1, -0.05) is 38.1 Å². The third-order valence-electron chi connectivity index (χ3n) is 6.51. The Kier molecular flexibility index (Phi) is 8.51. The van der Waals surface area contributed by atoms with E-state index in [0.717, 1.165) is 46.1 Å². The van der Waals surface area contributed by atoms with Crippen LogP contribution in [0.15, 0.2) is 42.6 Å². The number of Topliss-reactive ketones (excluding diaryl/α,β-unsaturated/α-hetero) is 1. The first-order valence-corrected chi connectivity index (χ1v) is 12.5. The van der Waals surface area contributed by atoms with Gasteiger partial charge < -0.3 is 14.4 Å². The largest absolute Gasteiger partial charge is 0.426 e. The van der Waals surface area contributed by atoms with E-state index in [-0.39, 0.29) is 31.0 Å². The number of hydrogen-bond acceptors (Lipinski definition) is 5. The Morgan fingerprint density at radius 3 is 2.39 bits per heavy atom. The summed E-state index contributed by atoms with van der Waals surface area (Å²) in [6.07, 6.45) is 3.25. The van der Waals surface area contributed by atoms with E-state index in [1.165, 1.54) is 6.92 Å². The van der Waals surface area contributed by atoms with E-state index in [0.29, 0.717) is 5.75 Å². The predicted octanol–water partition coefficient (Wildman–Crippen LogP) is 5.64. The number of aryl methyl sites for hydroxylation is 2. The monoisotopic (exact) mass is 490 g/mol. The fraction of sp³-hybridized carbons (Fsp3) is 0.433. The van der Waals surface area contributed by atoms with Gasteiger partial charge in [0, 0.05) is 41.9 Å². The van der Waals surface area contributed by atoms with Gasteiger partial charge in [0.2, 0.25) is 5.91 Å². The summed E-state index contributed by atoms with van der Waals surface area (Å²) >= 11 is 0. The second-order valence-corrected chi connectivity index (χ2v) is 10.7. The lowest BCUT2D eigenvalue weighted by Gasteiger charge is -2.29. The van der Waals surface area contributed by atoms with Crippen molar-refractivity contribution in [2.75, 3.05) is 20.6 Å². The molecule has 6 nitrogen and oxygen atoms in total. The quantitative estimate of drug-likeness (QED) is 0.272. The molecule has 0 aliphatic rings. The van der Waals surface area contributed by atoms with Gasteiger partial charge in [-0.05, 0) is 70.1 Å². The number of ketones is 1. The van der Waals surface area contributed by atoms with Crippen LogP contribution in [0, 0.1) is 13.8 Å². The first kappa shape index (κ1) is 27.3. The first-order valence-electron chi connectivity index (χ1n) is 12.5. The van der Waals surface area contributed by atoms with Gasteiger partial charge in [-0.15, -0.1) is 0 Å². The molecule has 192 valence electrons. The number of nitrogens with zero attached hydrogens (tertiary/aromatic N) is 2. The minimum atomic E-state index is -0.597. The number of benzene rings is 2. The van der Waals surface area contributed by atoms with E-state index in [4.69, 9.17) is 4.74 Å². The number of aromatic nitrogens is 1. The minimum absolute atomic E-state index is 0.0128. The molecule has 0 aliphatic heterocycles. The first-order chi connectivity index (χ1) is 16.9. The maximum atomic E-state index is 13.7. The van der Waals surface area contributed by atoms with E-state index >= 15 is 0 Å². The molecule has 36 heavy (non-hydrogen) atoms. The summed E-state index contributed by atoms with van der Waals surface area (Å²) in [7, 11) is 4.09. The summed E-state index contributed by atoms with van der Waals surface area (Å²) in [4.78, 5) is 39.6. The molecule has 3 rings (SSSR count). The molecular formula is C30H38N2O4. The number of carbonyl (C=O) groups excluding carboxylic acids is 3. The predicted molar refractivity (Wildman–Crippen MR) is 144 cm³/mol. The molecule has 0 bridgehead atoms. The van der Waals surface area contributed by atoms with E-state index in [9.17, 15) is 14.4 Å². The van der Waals surface area contributed by atoms with Gasteiger partial charge in [-0.25, -0.2) is 0 Å². The van der Waals surface area contributed by atoms with Gasteiger partial charge in [0.1, 0.15) is 11.5 Å². The highest BCUT2D eigenvalue weighted by Crippen LogP contribution is 2.39.